The first-order chi connectivity index (χ1) is 16.7. The Labute approximate surface area is 203 Å². The summed E-state index contributed by atoms with van der Waals surface area (Å²) in [6, 6.07) is 9.98. The lowest BCUT2D eigenvalue weighted by Gasteiger charge is -2.34. The quantitative estimate of drug-likeness (QED) is 0.592. The number of hydrogen-bond donors (Lipinski definition) is 2. The third-order valence-corrected chi connectivity index (χ3v) is 6.75. The lowest BCUT2D eigenvalue weighted by Crippen LogP contribution is -2.44. The van der Waals surface area contributed by atoms with Crippen molar-refractivity contribution in [2.24, 2.45) is 0 Å². The van der Waals surface area contributed by atoms with E-state index in [1.807, 2.05) is 31.9 Å². The topological polar surface area (TPSA) is 73.4 Å². The maximum atomic E-state index is 14.8. The van der Waals surface area contributed by atoms with Crippen LogP contribution >= 0.6 is 0 Å². The molecule has 3 heterocycles. The number of likely N-dealkylation sites (N-methyl/N-ethyl adjacent to an activating group) is 1. The zero-order chi connectivity index (χ0) is 24.7. The van der Waals surface area contributed by atoms with E-state index in [9.17, 15) is 13.6 Å². The molecular formula is C26H28F2N6O. The van der Waals surface area contributed by atoms with E-state index in [0.29, 0.717) is 29.0 Å². The van der Waals surface area contributed by atoms with Crippen LogP contribution in [0.25, 0.3) is 11.3 Å². The molecule has 1 amide bonds. The first-order valence-electron chi connectivity index (χ1n) is 11.7. The summed E-state index contributed by atoms with van der Waals surface area (Å²) in [6.45, 7) is 7.76. The van der Waals surface area contributed by atoms with Crippen molar-refractivity contribution in [3.63, 3.8) is 0 Å². The van der Waals surface area contributed by atoms with E-state index in [1.54, 1.807) is 24.3 Å². The molecule has 0 bridgehead atoms. The Balaban J connectivity index is 1.44. The van der Waals surface area contributed by atoms with Crippen molar-refractivity contribution >= 4 is 23.2 Å². The van der Waals surface area contributed by atoms with Crippen LogP contribution in [-0.4, -0.2) is 60.5 Å². The van der Waals surface area contributed by atoms with Gasteiger partial charge in [-0.25, -0.2) is 18.7 Å². The van der Waals surface area contributed by atoms with Crippen LogP contribution in [0, 0.1) is 11.6 Å². The van der Waals surface area contributed by atoms with Gasteiger partial charge < -0.3 is 20.4 Å². The fourth-order valence-electron chi connectivity index (χ4n) is 4.58. The molecule has 0 unspecified atom stereocenters. The number of amides is 1. The van der Waals surface area contributed by atoms with Crippen molar-refractivity contribution in [3.05, 3.63) is 65.4 Å². The van der Waals surface area contributed by atoms with Crippen LogP contribution in [-0.2, 0) is 5.41 Å². The number of aromatic nitrogens is 2. The predicted molar refractivity (Wildman–Crippen MR) is 132 cm³/mol. The van der Waals surface area contributed by atoms with Crippen LogP contribution < -0.4 is 15.5 Å². The number of nitrogens with zero attached hydrogens (tertiary/aromatic N) is 4. The molecule has 2 aromatic carbocycles. The third-order valence-electron chi connectivity index (χ3n) is 6.75. The third kappa shape index (κ3) is 4.55. The highest BCUT2D eigenvalue weighted by atomic mass is 19.1. The van der Waals surface area contributed by atoms with Crippen molar-refractivity contribution in [1.29, 1.82) is 0 Å². The number of nitrogens with one attached hydrogen (secondary N) is 2. The number of hydrogen-bond acceptors (Lipinski definition) is 6. The molecule has 7 nitrogen and oxygen atoms in total. The van der Waals surface area contributed by atoms with E-state index in [4.69, 9.17) is 0 Å². The van der Waals surface area contributed by atoms with Crippen molar-refractivity contribution < 1.29 is 13.6 Å². The van der Waals surface area contributed by atoms with E-state index < -0.39 is 5.82 Å². The molecule has 0 saturated carbocycles. The van der Waals surface area contributed by atoms with E-state index >= 15 is 0 Å². The maximum absolute atomic E-state index is 14.8. The number of benzene rings is 2. The van der Waals surface area contributed by atoms with Crippen LogP contribution in [0.15, 0.2) is 42.6 Å². The van der Waals surface area contributed by atoms with Gasteiger partial charge in [-0.15, -0.1) is 0 Å². The summed E-state index contributed by atoms with van der Waals surface area (Å²) in [7, 11) is 2.05. The van der Waals surface area contributed by atoms with E-state index in [2.05, 4.69) is 25.5 Å². The molecule has 3 aromatic rings. The monoisotopic (exact) mass is 478 g/mol. The molecule has 2 aliphatic heterocycles. The standard InChI is InChI=1S/C26H28F2N6O/c1-26(2)15-30-24(35)18-6-4-16(12-19(18)26)23-21(28)14-29-25(32-23)31-17-5-7-20(27)22(13-17)34-10-8-33(3)9-11-34/h4-7,12-14H,8-11,15H2,1-3H3,(H,30,35)(H,29,31,32). The molecule has 0 spiro atoms. The summed E-state index contributed by atoms with van der Waals surface area (Å²) in [4.78, 5) is 25.0. The van der Waals surface area contributed by atoms with Crippen molar-refractivity contribution in [2.45, 2.75) is 19.3 Å². The zero-order valence-corrected chi connectivity index (χ0v) is 20.0. The van der Waals surface area contributed by atoms with E-state index in [0.717, 1.165) is 37.9 Å². The van der Waals surface area contributed by atoms with Crippen molar-refractivity contribution in [2.75, 3.05) is 50.0 Å². The fourth-order valence-corrected chi connectivity index (χ4v) is 4.58. The Hall–Kier alpha value is -3.59. The first kappa shape index (κ1) is 23.2. The number of fused-ring (bicyclic) bond motifs is 1. The molecular weight excluding hydrogens is 450 g/mol. The Morgan fingerprint density at radius 3 is 2.57 bits per heavy atom. The highest BCUT2D eigenvalue weighted by Gasteiger charge is 2.32. The molecule has 2 N–H and O–H groups in total. The fraction of sp³-hybridized carbons (Fsp3) is 0.346. The van der Waals surface area contributed by atoms with Crippen molar-refractivity contribution in [3.8, 4) is 11.3 Å². The molecule has 0 aliphatic carbocycles. The van der Waals surface area contributed by atoms with E-state index in [-0.39, 0.29) is 28.8 Å². The van der Waals surface area contributed by atoms with Gasteiger partial charge in [0, 0.05) is 55.0 Å². The molecule has 1 aromatic heterocycles. The molecule has 1 fully saturated rings. The summed E-state index contributed by atoms with van der Waals surface area (Å²) in [6.07, 6.45) is 1.12. The number of anilines is 3. The van der Waals surface area contributed by atoms with Gasteiger partial charge in [0.05, 0.1) is 11.9 Å². The first-order valence-corrected chi connectivity index (χ1v) is 11.7. The van der Waals surface area contributed by atoms with Gasteiger partial charge in [-0.1, -0.05) is 19.9 Å². The summed E-state index contributed by atoms with van der Waals surface area (Å²) in [5, 5.41) is 5.97. The minimum atomic E-state index is -0.564. The van der Waals surface area contributed by atoms with Gasteiger partial charge in [-0.2, -0.15) is 0 Å². The van der Waals surface area contributed by atoms with Gasteiger partial charge in [0.2, 0.25) is 5.95 Å². The molecule has 35 heavy (non-hydrogen) atoms. The molecule has 9 heteroatoms. The molecule has 0 radical (unpaired) electrons. The lowest BCUT2D eigenvalue weighted by atomic mass is 9.78. The maximum Gasteiger partial charge on any atom is 0.251 e. The number of rotatable bonds is 4. The molecule has 0 atom stereocenters. The van der Waals surface area contributed by atoms with Crippen LogP contribution in [0.5, 0.6) is 0 Å². The Kier molecular flexibility index (Phi) is 5.88. The summed E-state index contributed by atoms with van der Waals surface area (Å²) >= 11 is 0. The number of carbonyl (C=O) groups excluding carboxylic acids is 1. The highest BCUT2D eigenvalue weighted by molar-refractivity contribution is 5.98. The Morgan fingerprint density at radius 1 is 1.03 bits per heavy atom. The summed E-state index contributed by atoms with van der Waals surface area (Å²) < 4.78 is 29.4. The molecule has 182 valence electrons. The van der Waals surface area contributed by atoms with Gasteiger partial charge >= 0.3 is 0 Å². The minimum Gasteiger partial charge on any atom is -0.367 e. The second kappa shape index (κ2) is 8.88. The molecule has 2 aliphatic rings. The molecule has 5 rings (SSSR count). The van der Waals surface area contributed by atoms with Gasteiger partial charge in [-0.05, 0) is 42.9 Å². The SMILES string of the molecule is CN1CCN(c2cc(Nc3ncc(F)c(-c4ccc5c(c4)C(C)(C)CNC5=O)n3)ccc2F)CC1. The summed E-state index contributed by atoms with van der Waals surface area (Å²) in [5.74, 6) is -0.789. The lowest BCUT2D eigenvalue weighted by molar-refractivity contribution is 0.0930. The van der Waals surface area contributed by atoms with Crippen LogP contribution in [0.4, 0.5) is 26.1 Å². The van der Waals surface area contributed by atoms with Gasteiger partial charge in [-0.3, -0.25) is 4.79 Å². The smallest absolute Gasteiger partial charge is 0.251 e. The van der Waals surface area contributed by atoms with Gasteiger partial charge in [0.1, 0.15) is 11.5 Å². The second-order valence-corrected chi connectivity index (χ2v) is 9.80. The van der Waals surface area contributed by atoms with Crippen LogP contribution in [0.1, 0.15) is 29.8 Å². The Bertz CT molecular complexity index is 1290. The minimum absolute atomic E-state index is 0.133. The predicted octanol–water partition coefficient (Wildman–Crippen LogP) is 3.94. The highest BCUT2D eigenvalue weighted by Crippen LogP contribution is 2.34. The normalized spacial score (nSPS) is 17.6. The van der Waals surface area contributed by atoms with E-state index in [1.165, 1.54) is 6.07 Å². The number of piperazine rings is 1. The van der Waals surface area contributed by atoms with Crippen LogP contribution in [0.3, 0.4) is 0 Å². The average Bonchev–Trinajstić information content (AvgIpc) is 2.84. The molecule has 1 saturated heterocycles. The largest absolute Gasteiger partial charge is 0.367 e. The van der Waals surface area contributed by atoms with Gasteiger partial charge in [0.15, 0.2) is 5.82 Å². The second-order valence-electron chi connectivity index (χ2n) is 9.80. The average molecular weight is 479 g/mol. The van der Waals surface area contributed by atoms with Gasteiger partial charge in [0.25, 0.3) is 5.91 Å². The number of carbonyl (C=O) groups is 1. The summed E-state index contributed by atoms with van der Waals surface area (Å²) in [5.41, 5.74) is 2.96. The Morgan fingerprint density at radius 2 is 1.80 bits per heavy atom. The number of halogens is 2. The zero-order valence-electron chi connectivity index (χ0n) is 20.0. The van der Waals surface area contributed by atoms with Crippen molar-refractivity contribution in [1.82, 2.24) is 20.2 Å². The van der Waals surface area contributed by atoms with Crippen LogP contribution in [0.2, 0.25) is 0 Å².